The van der Waals surface area contributed by atoms with Gasteiger partial charge in [0.15, 0.2) is 0 Å². The highest BCUT2D eigenvalue weighted by molar-refractivity contribution is 7.48. The fourth-order valence-corrected chi connectivity index (χ4v) is 2.10. The van der Waals surface area contributed by atoms with E-state index in [1.165, 1.54) is 6.92 Å². The molecule has 0 atom stereocenters. The normalized spacial score (nSPS) is 13.8. The number of hydrogen-bond donors (Lipinski definition) is 0. The molecule has 0 heterocycles. The van der Waals surface area contributed by atoms with Crippen molar-refractivity contribution in [2.24, 2.45) is 0 Å². The molecule has 0 aliphatic rings. The minimum atomic E-state index is -3.77. The number of rotatable bonds is 8. The zero-order chi connectivity index (χ0) is 14.2. The molecule has 0 aliphatic heterocycles. The number of esters is 1. The summed E-state index contributed by atoms with van der Waals surface area (Å²) in [4.78, 5) is 11.3. The first-order valence-electron chi connectivity index (χ1n) is 5.83. The van der Waals surface area contributed by atoms with Crippen molar-refractivity contribution in [1.29, 1.82) is 0 Å². The summed E-state index contributed by atoms with van der Waals surface area (Å²) in [7, 11) is -3.77. The predicted molar refractivity (Wildman–Crippen MR) is 62.3 cm³/mol. The number of phosphoric acid groups is 1. The Morgan fingerprint density at radius 2 is 1.76 bits per heavy atom. The minimum absolute atomic E-state index is 0.122. The average molecular weight is 267 g/mol. The van der Waals surface area contributed by atoms with Crippen LogP contribution in [-0.4, -0.2) is 25.8 Å². The summed E-state index contributed by atoms with van der Waals surface area (Å²) in [5.74, 6) is -1.02. The second-order valence-electron chi connectivity index (χ2n) is 2.78. The van der Waals surface area contributed by atoms with Crippen LogP contribution in [0.2, 0.25) is 0 Å². The average Bonchev–Trinajstić information content (AvgIpc) is 2.28. The molecule has 0 aliphatic carbocycles. The first-order valence-corrected chi connectivity index (χ1v) is 6.79. The molecule has 0 unspecified atom stereocenters. The Kier molecular flexibility index (Phi) is 6.93. The van der Waals surface area contributed by atoms with E-state index in [-0.39, 0.29) is 25.6 Å². The van der Waals surface area contributed by atoms with Crippen molar-refractivity contribution < 1.29 is 29.0 Å². The summed E-state index contributed by atoms with van der Waals surface area (Å²) < 4.78 is 38.8. The van der Waals surface area contributed by atoms with Crippen LogP contribution in [0.4, 0.5) is 0 Å². The van der Waals surface area contributed by atoms with Gasteiger partial charge in [0, 0.05) is 0 Å². The molecule has 0 fully saturated rings. The second-order valence-corrected chi connectivity index (χ2v) is 4.37. The first kappa shape index (κ1) is 14.2. The van der Waals surface area contributed by atoms with Gasteiger partial charge in [0.2, 0.25) is 0 Å². The number of hydrogen-bond acceptors (Lipinski definition) is 6. The fraction of sp³-hybridized carbons (Fsp3) is 0.700. The monoisotopic (exact) mass is 267 g/mol. The van der Waals surface area contributed by atoms with Gasteiger partial charge in [0.05, 0.1) is 27.2 Å². The van der Waals surface area contributed by atoms with Gasteiger partial charge in [0.1, 0.15) is 5.76 Å². The zero-order valence-electron chi connectivity index (χ0n) is 11.5. The van der Waals surface area contributed by atoms with Gasteiger partial charge in [-0.15, -0.1) is 0 Å². The van der Waals surface area contributed by atoms with Crippen molar-refractivity contribution in [2.45, 2.75) is 27.7 Å². The van der Waals surface area contributed by atoms with E-state index in [9.17, 15) is 9.36 Å². The molecule has 0 bridgehead atoms. The van der Waals surface area contributed by atoms with Gasteiger partial charge in [-0.05, 0) is 27.7 Å². The predicted octanol–water partition coefficient (Wildman–Crippen LogP) is 2.65. The Hall–Kier alpha value is -0.840. The first-order chi connectivity index (χ1) is 8.40. The molecule has 6 nitrogen and oxygen atoms in total. The number of ether oxygens (including phenoxy) is 1. The van der Waals surface area contributed by atoms with E-state index in [0.29, 0.717) is 0 Å². The van der Waals surface area contributed by atoms with Crippen LogP contribution < -0.4 is 0 Å². The van der Waals surface area contributed by atoms with E-state index in [4.69, 9.17) is 14.9 Å². The Bertz CT molecular complexity index is 344. The Morgan fingerprint density at radius 1 is 1.24 bits per heavy atom. The quantitative estimate of drug-likeness (QED) is 0.291. The Labute approximate surface area is 103 Å². The van der Waals surface area contributed by atoms with Crippen molar-refractivity contribution in [2.75, 3.05) is 19.8 Å². The topological polar surface area (TPSA) is 71.1 Å². The summed E-state index contributed by atoms with van der Waals surface area (Å²) in [5, 5.41) is 0. The van der Waals surface area contributed by atoms with Crippen molar-refractivity contribution in [3.8, 4) is 0 Å². The summed E-state index contributed by atoms with van der Waals surface area (Å²) in [6, 6.07) is -0.517. The van der Waals surface area contributed by atoms with Crippen LogP contribution in [0.1, 0.15) is 29.1 Å². The lowest BCUT2D eigenvalue weighted by atomic mass is 10.5. The Balaban J connectivity index is 4.87. The van der Waals surface area contributed by atoms with Gasteiger partial charge >= 0.3 is 13.8 Å². The summed E-state index contributed by atoms with van der Waals surface area (Å²) in [5.41, 5.74) is 0. The van der Waals surface area contributed by atoms with E-state index in [1.807, 2.05) is 0 Å². The molecule has 17 heavy (non-hydrogen) atoms. The van der Waals surface area contributed by atoms with Gasteiger partial charge in [0.25, 0.3) is 0 Å². The van der Waals surface area contributed by atoms with Gasteiger partial charge in [-0.1, -0.05) is 0 Å². The lowest BCUT2D eigenvalue weighted by Gasteiger charge is -2.17. The zero-order valence-corrected chi connectivity index (χ0v) is 11.4. The molecular formula is C10H19O6P. The van der Waals surface area contributed by atoms with Crippen molar-refractivity contribution in [3.05, 3.63) is 11.8 Å². The number of phosphoric ester groups is 1. The molecule has 0 saturated carbocycles. The summed E-state index contributed by atoms with van der Waals surface area (Å²) in [6.45, 7) is 6.58. The molecule has 7 heteroatoms. The van der Waals surface area contributed by atoms with Gasteiger partial charge in [-0.2, -0.15) is 0 Å². The second kappa shape index (κ2) is 8.28. The lowest BCUT2D eigenvalue weighted by Crippen LogP contribution is -2.03. The molecular weight excluding hydrogens is 247 g/mol. The third-order valence-corrected chi connectivity index (χ3v) is 3.02. The van der Waals surface area contributed by atoms with E-state index < -0.39 is 19.8 Å². The molecule has 0 saturated heterocycles. The summed E-state index contributed by atoms with van der Waals surface area (Å²) >= 11 is 0. The smallest absolute Gasteiger partial charge is 0.463 e. The number of carbonyl (C=O) groups excluding carboxylic acids is 1. The van der Waals surface area contributed by atoms with Crippen LogP contribution in [0.3, 0.4) is 0 Å². The molecule has 0 rings (SSSR count). The third-order valence-electron chi connectivity index (χ3n) is 1.38. The van der Waals surface area contributed by atoms with Gasteiger partial charge in [-0.25, -0.2) is 9.36 Å². The van der Waals surface area contributed by atoms with Crippen LogP contribution in [0, 0.1) is 0 Å². The van der Waals surface area contributed by atoms with Crippen molar-refractivity contribution >= 4 is 13.8 Å². The molecule has 0 amide bonds. The maximum atomic E-state index is 12.0. The van der Waals surface area contributed by atoms with E-state index in [0.717, 1.165) is 0 Å². The molecule has 0 N–H and O–H groups in total. The third kappa shape index (κ3) is 7.15. The highest BCUT2D eigenvalue weighted by atomic mass is 31.2. The number of carbonyl (C=O) groups is 1. The maximum Gasteiger partial charge on any atom is 0.529 e. The van der Waals surface area contributed by atoms with Crippen LogP contribution in [0.25, 0.3) is 0 Å². The molecule has 0 aromatic carbocycles. The van der Waals surface area contributed by atoms with Crippen molar-refractivity contribution in [3.63, 3.8) is 0 Å². The number of allylic oxidation sites excluding steroid dienone is 1. The standard InChI is InChI=1S/C10H19O6P/c1-5-13-10(11)8-9(4)16-17(12,14-6-2)15-7-3/h8H,5-7H2,1-4H3/b9-8+/i8D. The highest BCUT2D eigenvalue weighted by Crippen LogP contribution is 2.51. The van der Waals surface area contributed by atoms with Crippen LogP contribution in [0.15, 0.2) is 11.8 Å². The molecule has 0 spiro atoms. The van der Waals surface area contributed by atoms with Gasteiger partial charge in [-0.3, -0.25) is 9.05 Å². The van der Waals surface area contributed by atoms with Crippen LogP contribution in [-0.2, 0) is 27.7 Å². The van der Waals surface area contributed by atoms with Gasteiger partial charge < -0.3 is 9.26 Å². The molecule has 0 aromatic rings. The SMILES string of the molecule is [2H]/C(C(=O)OCC)=C(/C)OP(=O)(OCC)OCC. The molecule has 0 aromatic heterocycles. The molecule has 0 radical (unpaired) electrons. The Morgan fingerprint density at radius 3 is 2.18 bits per heavy atom. The largest absolute Gasteiger partial charge is 0.529 e. The van der Waals surface area contributed by atoms with Crippen molar-refractivity contribution in [1.82, 2.24) is 0 Å². The van der Waals surface area contributed by atoms with E-state index >= 15 is 0 Å². The fourth-order valence-electron chi connectivity index (χ4n) is 0.908. The van der Waals surface area contributed by atoms with Crippen LogP contribution >= 0.6 is 7.82 Å². The minimum Gasteiger partial charge on any atom is -0.463 e. The lowest BCUT2D eigenvalue weighted by molar-refractivity contribution is -0.137. The highest BCUT2D eigenvalue weighted by Gasteiger charge is 2.27. The summed E-state index contributed by atoms with van der Waals surface area (Å²) in [6.07, 6.45) is 0. The van der Waals surface area contributed by atoms with E-state index in [2.05, 4.69) is 4.74 Å². The maximum absolute atomic E-state index is 12.0. The van der Waals surface area contributed by atoms with Crippen LogP contribution in [0.5, 0.6) is 0 Å². The molecule has 100 valence electrons. The van der Waals surface area contributed by atoms with E-state index in [1.54, 1.807) is 20.8 Å².